The summed E-state index contributed by atoms with van der Waals surface area (Å²) < 4.78 is 5.78. The number of nitrogens with one attached hydrogen (secondary N) is 1. The van der Waals surface area contributed by atoms with E-state index in [4.69, 9.17) is 4.74 Å². The third-order valence-electron chi connectivity index (χ3n) is 5.17. The number of nitrogens with zero attached hydrogens (tertiary/aromatic N) is 1. The predicted molar refractivity (Wildman–Crippen MR) is 97.1 cm³/mol. The highest BCUT2D eigenvalue weighted by Gasteiger charge is 2.30. The van der Waals surface area contributed by atoms with E-state index in [9.17, 15) is 0 Å². The Labute approximate surface area is 139 Å². The van der Waals surface area contributed by atoms with E-state index in [0.717, 1.165) is 31.9 Å². The van der Waals surface area contributed by atoms with Crippen LogP contribution >= 0.6 is 0 Å². The zero-order valence-corrected chi connectivity index (χ0v) is 14.5. The molecular weight excluding hydrogens is 284 g/mol. The zero-order chi connectivity index (χ0) is 16.2. The summed E-state index contributed by atoms with van der Waals surface area (Å²) in [6, 6.07) is 13.4. The normalized spacial score (nSPS) is 18.7. The van der Waals surface area contributed by atoms with Gasteiger partial charge in [-0.25, -0.2) is 0 Å². The molecule has 1 aliphatic heterocycles. The Hall–Kier alpha value is -1.58. The molecule has 0 amide bonds. The van der Waals surface area contributed by atoms with Crippen molar-refractivity contribution in [3.63, 3.8) is 0 Å². The van der Waals surface area contributed by atoms with E-state index in [-0.39, 0.29) is 0 Å². The van der Waals surface area contributed by atoms with E-state index in [2.05, 4.69) is 60.5 Å². The Morgan fingerprint density at radius 3 is 2.57 bits per heavy atom. The molecule has 124 valence electrons. The third-order valence-corrected chi connectivity index (χ3v) is 5.17. The Kier molecular flexibility index (Phi) is 5.19. The van der Waals surface area contributed by atoms with Gasteiger partial charge < -0.3 is 10.1 Å². The van der Waals surface area contributed by atoms with Crippen LogP contribution in [0, 0.1) is 5.92 Å². The van der Waals surface area contributed by atoms with Gasteiger partial charge in [0.25, 0.3) is 0 Å². The molecule has 3 nitrogen and oxygen atoms in total. The van der Waals surface area contributed by atoms with Crippen LogP contribution in [-0.4, -0.2) is 38.2 Å². The van der Waals surface area contributed by atoms with Crippen molar-refractivity contribution in [2.45, 2.75) is 26.3 Å². The second kappa shape index (κ2) is 7.33. The van der Waals surface area contributed by atoms with Crippen LogP contribution in [-0.2, 0) is 0 Å². The molecule has 0 radical (unpaired) electrons. The molecule has 1 heterocycles. The number of fused-ring (bicyclic) bond motifs is 1. The first-order valence-electron chi connectivity index (χ1n) is 8.76. The third kappa shape index (κ3) is 3.22. The van der Waals surface area contributed by atoms with Gasteiger partial charge in [-0.1, -0.05) is 50.6 Å². The molecule has 1 aliphatic rings. The molecule has 0 spiro atoms. The fraction of sp³-hybridized carbons (Fsp3) is 0.500. The minimum atomic E-state index is 0.406. The Balaban J connectivity index is 2.15. The smallest absolute Gasteiger partial charge is 0.124 e. The van der Waals surface area contributed by atoms with E-state index in [0.29, 0.717) is 12.0 Å². The fourth-order valence-electron chi connectivity index (χ4n) is 3.77. The van der Waals surface area contributed by atoms with Crippen LogP contribution in [0.4, 0.5) is 0 Å². The number of hydrogen-bond acceptors (Lipinski definition) is 3. The van der Waals surface area contributed by atoms with Crippen LogP contribution in [0.15, 0.2) is 36.4 Å². The van der Waals surface area contributed by atoms with Crippen LogP contribution in [0.5, 0.6) is 5.75 Å². The molecule has 3 heteroatoms. The highest BCUT2D eigenvalue weighted by Crippen LogP contribution is 2.40. The van der Waals surface area contributed by atoms with Gasteiger partial charge in [0.05, 0.1) is 7.11 Å². The van der Waals surface area contributed by atoms with Crippen molar-refractivity contribution in [2.75, 3.05) is 33.3 Å². The second-order valence-electron chi connectivity index (χ2n) is 6.52. The van der Waals surface area contributed by atoms with Crippen molar-refractivity contribution in [1.29, 1.82) is 0 Å². The maximum Gasteiger partial charge on any atom is 0.124 e. The summed E-state index contributed by atoms with van der Waals surface area (Å²) in [5.41, 5.74) is 1.36. The van der Waals surface area contributed by atoms with Crippen molar-refractivity contribution in [3.8, 4) is 5.75 Å². The van der Waals surface area contributed by atoms with Gasteiger partial charge in [-0.05, 0) is 22.8 Å². The first-order chi connectivity index (χ1) is 11.3. The van der Waals surface area contributed by atoms with Gasteiger partial charge in [-0.2, -0.15) is 0 Å². The summed E-state index contributed by atoms with van der Waals surface area (Å²) in [7, 11) is 1.79. The standard InChI is InChI=1S/C20H28N2O/c1-4-15(2)20(22-13-11-21-12-14-22)19-17-8-6-5-7-16(17)9-10-18(19)23-3/h5-10,15,20-21H,4,11-14H2,1-3H3/t15?,20-/m0/s1. The van der Waals surface area contributed by atoms with Gasteiger partial charge >= 0.3 is 0 Å². The lowest BCUT2D eigenvalue weighted by Gasteiger charge is -2.39. The first kappa shape index (κ1) is 16.3. The SMILES string of the molecule is CCC(C)[C@@H](c1c(OC)ccc2ccccc12)N1CCNCC1. The molecule has 3 rings (SSSR count). The molecule has 1 fully saturated rings. The molecule has 2 atom stereocenters. The Morgan fingerprint density at radius 2 is 1.87 bits per heavy atom. The fourth-order valence-corrected chi connectivity index (χ4v) is 3.77. The van der Waals surface area contributed by atoms with Gasteiger partial charge in [-0.3, -0.25) is 4.90 Å². The number of piperazine rings is 1. The van der Waals surface area contributed by atoms with Crippen molar-refractivity contribution < 1.29 is 4.74 Å². The molecule has 2 aromatic carbocycles. The van der Waals surface area contributed by atoms with Crippen molar-refractivity contribution in [2.24, 2.45) is 5.92 Å². The second-order valence-corrected chi connectivity index (χ2v) is 6.52. The molecule has 1 N–H and O–H groups in total. The van der Waals surface area contributed by atoms with Crippen LogP contribution in [0.1, 0.15) is 31.9 Å². The van der Waals surface area contributed by atoms with Crippen molar-refractivity contribution >= 4 is 10.8 Å². The summed E-state index contributed by atoms with van der Waals surface area (Å²) in [5, 5.41) is 6.10. The van der Waals surface area contributed by atoms with Crippen LogP contribution in [0.3, 0.4) is 0 Å². The predicted octanol–water partition coefficient (Wildman–Crippen LogP) is 3.84. The number of benzene rings is 2. The maximum absolute atomic E-state index is 5.78. The highest BCUT2D eigenvalue weighted by atomic mass is 16.5. The van der Waals surface area contributed by atoms with Crippen LogP contribution in [0.25, 0.3) is 10.8 Å². The molecular formula is C20H28N2O. The van der Waals surface area contributed by atoms with E-state index in [1.807, 2.05) is 0 Å². The van der Waals surface area contributed by atoms with Crippen LogP contribution in [0.2, 0.25) is 0 Å². The van der Waals surface area contributed by atoms with Crippen LogP contribution < -0.4 is 10.1 Å². The summed E-state index contributed by atoms with van der Waals surface area (Å²) in [6.45, 7) is 8.99. The van der Waals surface area contributed by atoms with Gasteiger partial charge in [0.1, 0.15) is 5.75 Å². The van der Waals surface area contributed by atoms with E-state index in [1.54, 1.807) is 7.11 Å². The molecule has 0 aliphatic carbocycles. The van der Waals surface area contributed by atoms with E-state index < -0.39 is 0 Å². The average Bonchev–Trinajstić information content (AvgIpc) is 2.62. The number of hydrogen-bond donors (Lipinski definition) is 1. The molecule has 2 aromatic rings. The number of rotatable bonds is 5. The minimum Gasteiger partial charge on any atom is -0.496 e. The summed E-state index contributed by atoms with van der Waals surface area (Å²) in [6.07, 6.45) is 1.17. The maximum atomic E-state index is 5.78. The number of methoxy groups -OCH3 is 1. The zero-order valence-electron chi connectivity index (χ0n) is 14.5. The van der Waals surface area contributed by atoms with Gasteiger partial charge in [0.15, 0.2) is 0 Å². The summed E-state index contributed by atoms with van der Waals surface area (Å²) >= 11 is 0. The summed E-state index contributed by atoms with van der Waals surface area (Å²) in [4.78, 5) is 2.63. The lowest BCUT2D eigenvalue weighted by atomic mass is 9.87. The highest BCUT2D eigenvalue weighted by molar-refractivity contribution is 5.88. The monoisotopic (exact) mass is 312 g/mol. The Bertz CT molecular complexity index is 649. The van der Waals surface area contributed by atoms with E-state index >= 15 is 0 Å². The molecule has 1 unspecified atom stereocenters. The average molecular weight is 312 g/mol. The largest absolute Gasteiger partial charge is 0.496 e. The number of ether oxygens (including phenoxy) is 1. The Morgan fingerprint density at radius 1 is 1.13 bits per heavy atom. The molecule has 1 saturated heterocycles. The van der Waals surface area contributed by atoms with Gasteiger partial charge in [0.2, 0.25) is 0 Å². The quantitative estimate of drug-likeness (QED) is 0.908. The van der Waals surface area contributed by atoms with Gasteiger partial charge in [-0.15, -0.1) is 0 Å². The summed E-state index contributed by atoms with van der Waals surface area (Å²) in [5.74, 6) is 1.61. The van der Waals surface area contributed by atoms with Crippen molar-refractivity contribution in [3.05, 3.63) is 42.0 Å². The lowest BCUT2D eigenvalue weighted by molar-refractivity contribution is 0.127. The minimum absolute atomic E-state index is 0.406. The van der Waals surface area contributed by atoms with Gasteiger partial charge in [0, 0.05) is 37.8 Å². The van der Waals surface area contributed by atoms with Crippen molar-refractivity contribution in [1.82, 2.24) is 10.2 Å². The molecule has 23 heavy (non-hydrogen) atoms. The molecule has 0 aromatic heterocycles. The lowest BCUT2D eigenvalue weighted by Crippen LogP contribution is -2.46. The van der Waals surface area contributed by atoms with E-state index in [1.165, 1.54) is 22.8 Å². The first-order valence-corrected chi connectivity index (χ1v) is 8.76. The molecule has 0 bridgehead atoms. The molecule has 0 saturated carbocycles. The topological polar surface area (TPSA) is 24.5 Å².